The minimum atomic E-state index is -0.0414. The Labute approximate surface area is 142 Å². The second kappa shape index (κ2) is 6.07. The van der Waals surface area contributed by atoms with Gasteiger partial charge >= 0.3 is 0 Å². The van der Waals surface area contributed by atoms with Gasteiger partial charge < -0.3 is 10.2 Å². The quantitative estimate of drug-likeness (QED) is 0.599. The molecule has 120 valence electrons. The number of aliphatic hydroxyl groups excluding tert-OH is 1. The van der Waals surface area contributed by atoms with E-state index in [2.05, 4.69) is 33.7 Å². The van der Waals surface area contributed by atoms with Crippen LogP contribution in [0.2, 0.25) is 0 Å². The monoisotopic (exact) mass is 337 g/mol. The highest BCUT2D eigenvalue weighted by Gasteiger charge is 2.15. The van der Waals surface area contributed by atoms with Gasteiger partial charge in [-0.15, -0.1) is 11.3 Å². The Morgan fingerprint density at radius 2 is 1.92 bits per heavy atom. The molecule has 0 fully saturated rings. The third-order valence-electron chi connectivity index (χ3n) is 3.93. The number of hydrogen-bond donors (Lipinski definition) is 2. The molecule has 3 heterocycles. The summed E-state index contributed by atoms with van der Waals surface area (Å²) in [6, 6.07) is 12.3. The zero-order chi connectivity index (χ0) is 16.5. The van der Waals surface area contributed by atoms with E-state index in [4.69, 9.17) is 5.11 Å². The van der Waals surface area contributed by atoms with E-state index in [1.807, 2.05) is 18.2 Å². The van der Waals surface area contributed by atoms with Gasteiger partial charge in [-0.3, -0.25) is 0 Å². The van der Waals surface area contributed by atoms with Gasteiger partial charge in [0.05, 0.1) is 11.8 Å². The topological polar surface area (TPSA) is 70.7 Å². The molecular formula is C18H15N3O2S. The van der Waals surface area contributed by atoms with Gasteiger partial charge in [0.1, 0.15) is 0 Å². The second-order valence-electron chi connectivity index (χ2n) is 5.44. The van der Waals surface area contributed by atoms with Gasteiger partial charge in [-0.2, -0.15) is 9.61 Å². The van der Waals surface area contributed by atoms with Crippen molar-refractivity contribution in [2.75, 3.05) is 6.61 Å². The van der Waals surface area contributed by atoms with Gasteiger partial charge in [0.2, 0.25) is 5.88 Å². The Morgan fingerprint density at radius 3 is 2.71 bits per heavy atom. The van der Waals surface area contributed by atoms with Crippen LogP contribution in [0.5, 0.6) is 5.88 Å². The molecule has 6 heteroatoms. The van der Waals surface area contributed by atoms with Crippen molar-refractivity contribution in [3.63, 3.8) is 0 Å². The zero-order valence-corrected chi connectivity index (χ0v) is 13.6. The first-order valence-corrected chi connectivity index (χ1v) is 8.45. The molecule has 4 aromatic rings. The summed E-state index contributed by atoms with van der Waals surface area (Å²) < 4.78 is 1.42. The largest absolute Gasteiger partial charge is 0.493 e. The van der Waals surface area contributed by atoms with Crippen LogP contribution in [0.1, 0.15) is 5.56 Å². The van der Waals surface area contributed by atoms with Crippen LogP contribution in [0.25, 0.3) is 27.2 Å². The van der Waals surface area contributed by atoms with Crippen molar-refractivity contribution >= 4 is 17.0 Å². The average Bonchev–Trinajstić information content (AvgIpc) is 3.25. The maximum Gasteiger partial charge on any atom is 0.218 e. The summed E-state index contributed by atoms with van der Waals surface area (Å²) in [6.45, 7) is -0.0414. The van der Waals surface area contributed by atoms with Crippen LogP contribution < -0.4 is 0 Å². The van der Waals surface area contributed by atoms with Gasteiger partial charge in [0.25, 0.3) is 0 Å². The van der Waals surface area contributed by atoms with E-state index in [1.165, 1.54) is 4.52 Å². The SMILES string of the molecule is OCCc1cnc2c(-c3cc(-c4ccccc4)cs3)cnn2c1O. The molecule has 1 aromatic carbocycles. The Morgan fingerprint density at radius 1 is 1.08 bits per heavy atom. The molecule has 3 aromatic heterocycles. The number of nitrogens with zero attached hydrogens (tertiary/aromatic N) is 3. The van der Waals surface area contributed by atoms with Crippen molar-refractivity contribution in [2.45, 2.75) is 6.42 Å². The van der Waals surface area contributed by atoms with Gasteiger partial charge in [-0.05, 0) is 22.6 Å². The van der Waals surface area contributed by atoms with Crippen molar-refractivity contribution in [1.82, 2.24) is 14.6 Å². The standard InChI is InChI=1S/C18H15N3O2S/c22-7-6-13-9-19-17-15(10-20-21(17)18(13)23)16-8-14(11-24-16)12-4-2-1-3-5-12/h1-5,8-11,22-23H,6-7H2. The molecule has 0 saturated heterocycles. The van der Waals surface area contributed by atoms with Crippen molar-refractivity contribution in [3.8, 4) is 27.4 Å². The molecule has 0 aliphatic carbocycles. The second-order valence-corrected chi connectivity index (χ2v) is 6.35. The molecule has 0 aliphatic rings. The average molecular weight is 337 g/mol. The molecule has 0 spiro atoms. The molecule has 5 nitrogen and oxygen atoms in total. The van der Waals surface area contributed by atoms with Crippen LogP contribution in [0.3, 0.4) is 0 Å². The molecule has 0 amide bonds. The molecule has 0 atom stereocenters. The van der Waals surface area contributed by atoms with Crippen molar-refractivity contribution in [1.29, 1.82) is 0 Å². The molecule has 2 N–H and O–H groups in total. The number of aliphatic hydroxyl groups is 1. The third kappa shape index (κ3) is 2.46. The van der Waals surface area contributed by atoms with Crippen LogP contribution in [-0.4, -0.2) is 31.4 Å². The van der Waals surface area contributed by atoms with Gasteiger partial charge in [-0.1, -0.05) is 30.3 Å². The summed E-state index contributed by atoms with van der Waals surface area (Å²) in [4.78, 5) is 5.46. The highest BCUT2D eigenvalue weighted by molar-refractivity contribution is 7.14. The predicted molar refractivity (Wildman–Crippen MR) is 94.2 cm³/mol. The van der Waals surface area contributed by atoms with Crippen molar-refractivity contribution in [3.05, 3.63) is 59.7 Å². The number of benzene rings is 1. The van der Waals surface area contributed by atoms with Crippen LogP contribution in [0.4, 0.5) is 0 Å². The lowest BCUT2D eigenvalue weighted by Crippen LogP contribution is -1.99. The Balaban J connectivity index is 1.78. The maximum absolute atomic E-state index is 10.3. The van der Waals surface area contributed by atoms with Gasteiger partial charge in [0.15, 0.2) is 5.65 Å². The van der Waals surface area contributed by atoms with E-state index in [9.17, 15) is 5.11 Å². The fourth-order valence-electron chi connectivity index (χ4n) is 2.68. The summed E-state index contributed by atoms with van der Waals surface area (Å²) >= 11 is 1.62. The van der Waals surface area contributed by atoms with Gasteiger partial charge in [0, 0.05) is 29.7 Å². The first kappa shape index (κ1) is 14.9. The molecule has 24 heavy (non-hydrogen) atoms. The maximum atomic E-state index is 10.3. The fourth-order valence-corrected chi connectivity index (χ4v) is 3.61. The van der Waals surface area contributed by atoms with E-state index in [0.717, 1.165) is 21.6 Å². The summed E-state index contributed by atoms with van der Waals surface area (Å²) in [7, 11) is 0. The lowest BCUT2D eigenvalue weighted by molar-refractivity contribution is 0.296. The lowest BCUT2D eigenvalue weighted by atomic mass is 10.1. The highest BCUT2D eigenvalue weighted by Crippen LogP contribution is 2.35. The number of thiophene rings is 1. The molecule has 0 radical (unpaired) electrons. The van der Waals surface area contributed by atoms with Crippen molar-refractivity contribution in [2.24, 2.45) is 0 Å². The summed E-state index contributed by atoms with van der Waals surface area (Å²) in [6.07, 6.45) is 3.66. The van der Waals surface area contributed by atoms with E-state index in [1.54, 1.807) is 23.7 Å². The summed E-state index contributed by atoms with van der Waals surface area (Å²) in [5.41, 5.74) is 4.38. The van der Waals surface area contributed by atoms with Crippen molar-refractivity contribution < 1.29 is 10.2 Å². The minimum absolute atomic E-state index is 0.0279. The summed E-state index contributed by atoms with van der Waals surface area (Å²) in [5, 5.41) is 25.7. The number of hydrogen-bond acceptors (Lipinski definition) is 5. The van der Waals surface area contributed by atoms with E-state index >= 15 is 0 Å². The number of rotatable bonds is 4. The fraction of sp³-hybridized carbons (Fsp3) is 0.111. The molecule has 0 unspecified atom stereocenters. The van der Waals surface area contributed by atoms with E-state index < -0.39 is 0 Å². The molecule has 0 bridgehead atoms. The summed E-state index contributed by atoms with van der Waals surface area (Å²) in [5.74, 6) is 0.0279. The van der Waals surface area contributed by atoms with Crippen LogP contribution in [0.15, 0.2) is 54.2 Å². The first-order chi connectivity index (χ1) is 11.8. The van der Waals surface area contributed by atoms with Crippen LogP contribution in [0, 0.1) is 0 Å². The highest BCUT2D eigenvalue weighted by atomic mass is 32.1. The first-order valence-electron chi connectivity index (χ1n) is 7.57. The minimum Gasteiger partial charge on any atom is -0.493 e. The predicted octanol–water partition coefficient (Wildman–Crippen LogP) is 3.37. The molecular weight excluding hydrogens is 322 g/mol. The Kier molecular flexibility index (Phi) is 3.76. The third-order valence-corrected chi connectivity index (χ3v) is 4.89. The molecule has 0 saturated carbocycles. The Bertz CT molecular complexity index is 992. The van der Waals surface area contributed by atoms with E-state index in [0.29, 0.717) is 17.6 Å². The Hall–Kier alpha value is -2.70. The van der Waals surface area contributed by atoms with Crippen LogP contribution in [-0.2, 0) is 6.42 Å². The molecule has 4 rings (SSSR count). The number of aromatic nitrogens is 3. The van der Waals surface area contributed by atoms with Gasteiger partial charge in [-0.25, -0.2) is 4.98 Å². The smallest absolute Gasteiger partial charge is 0.218 e. The lowest BCUT2D eigenvalue weighted by Gasteiger charge is -2.04. The normalized spacial score (nSPS) is 11.2. The zero-order valence-electron chi connectivity index (χ0n) is 12.8. The van der Waals surface area contributed by atoms with Crippen LogP contribution >= 0.6 is 11.3 Å². The number of fused-ring (bicyclic) bond motifs is 1. The molecule has 0 aliphatic heterocycles. The van der Waals surface area contributed by atoms with E-state index in [-0.39, 0.29) is 12.5 Å². The number of aromatic hydroxyl groups is 1.